The number of alkyl halides is 4. The molecular weight excluding hydrogens is 352 g/mol. The van der Waals surface area contributed by atoms with E-state index in [2.05, 4.69) is 0 Å². The number of halogens is 4. The quantitative estimate of drug-likeness (QED) is 0.346. The van der Waals surface area contributed by atoms with Crippen molar-refractivity contribution < 1.29 is 17.6 Å². The molecule has 0 aromatic heterocycles. The van der Waals surface area contributed by atoms with Crippen molar-refractivity contribution in [3.05, 3.63) is 47.5 Å². The highest BCUT2D eigenvalue weighted by Gasteiger charge is 2.30. The molecule has 27 heavy (non-hydrogen) atoms. The number of allylic oxidation sites excluding steroid dienone is 2. The lowest BCUT2D eigenvalue weighted by Gasteiger charge is -2.37. The van der Waals surface area contributed by atoms with Crippen molar-refractivity contribution in [2.24, 2.45) is 17.8 Å². The average molecular weight is 382 g/mol. The minimum atomic E-state index is -2.39. The Morgan fingerprint density at radius 1 is 0.778 bits per heavy atom. The summed E-state index contributed by atoms with van der Waals surface area (Å²) in [5.41, 5.74) is 1.30. The van der Waals surface area contributed by atoms with Gasteiger partial charge in [-0.1, -0.05) is 36.4 Å². The topological polar surface area (TPSA) is 0 Å². The molecule has 0 spiro atoms. The molecule has 3 rings (SSSR count). The summed E-state index contributed by atoms with van der Waals surface area (Å²) in [6.07, 6.45) is 8.30. The minimum absolute atomic E-state index is 0.104. The maximum atomic E-state index is 12.7. The number of hydrogen-bond acceptors (Lipinski definition) is 0. The second-order valence-electron chi connectivity index (χ2n) is 8.31. The molecule has 0 N–H and O–H groups in total. The molecule has 2 aliphatic rings. The van der Waals surface area contributed by atoms with Crippen LogP contribution in [0.5, 0.6) is 0 Å². The summed E-state index contributed by atoms with van der Waals surface area (Å²) in [7, 11) is 0. The second kappa shape index (κ2) is 9.75. The van der Waals surface area contributed by atoms with E-state index in [-0.39, 0.29) is 12.0 Å². The molecule has 0 unspecified atom stereocenters. The van der Waals surface area contributed by atoms with Crippen LogP contribution in [-0.2, 0) is 0 Å². The lowest BCUT2D eigenvalue weighted by Crippen LogP contribution is -2.25. The minimum Gasteiger partial charge on any atom is -0.210 e. The van der Waals surface area contributed by atoms with Crippen molar-refractivity contribution in [1.29, 1.82) is 0 Å². The van der Waals surface area contributed by atoms with E-state index in [1.807, 2.05) is 18.2 Å². The fourth-order valence-electron chi connectivity index (χ4n) is 5.02. The summed E-state index contributed by atoms with van der Waals surface area (Å²) in [6, 6.07) is 6.89. The molecule has 2 aliphatic carbocycles. The van der Waals surface area contributed by atoms with E-state index >= 15 is 0 Å². The molecule has 0 bridgehead atoms. The Labute approximate surface area is 160 Å². The fraction of sp³-hybridized carbons (Fsp3) is 0.652. The number of hydrogen-bond donors (Lipinski definition) is 0. The van der Waals surface area contributed by atoms with E-state index in [0.717, 1.165) is 37.5 Å². The van der Waals surface area contributed by atoms with Crippen LogP contribution in [0.25, 0.3) is 0 Å². The van der Waals surface area contributed by atoms with E-state index < -0.39 is 12.9 Å². The third kappa shape index (κ3) is 5.83. The van der Waals surface area contributed by atoms with Crippen molar-refractivity contribution in [1.82, 2.24) is 0 Å². The Balaban J connectivity index is 1.42. The summed E-state index contributed by atoms with van der Waals surface area (Å²) in [6.45, 7) is 0. The zero-order chi connectivity index (χ0) is 19.2. The van der Waals surface area contributed by atoms with Gasteiger partial charge in [0, 0.05) is 12.0 Å². The molecule has 1 aromatic rings. The van der Waals surface area contributed by atoms with Crippen molar-refractivity contribution in [2.45, 2.75) is 76.6 Å². The van der Waals surface area contributed by atoms with E-state index in [0.29, 0.717) is 11.8 Å². The van der Waals surface area contributed by atoms with Gasteiger partial charge >= 0.3 is 0 Å². The summed E-state index contributed by atoms with van der Waals surface area (Å²) >= 11 is 0. The van der Waals surface area contributed by atoms with Crippen LogP contribution in [0.2, 0.25) is 0 Å². The van der Waals surface area contributed by atoms with Crippen molar-refractivity contribution in [2.75, 3.05) is 0 Å². The largest absolute Gasteiger partial charge is 0.263 e. The Hall–Kier alpha value is -1.32. The highest BCUT2D eigenvalue weighted by molar-refractivity contribution is 5.26. The van der Waals surface area contributed by atoms with Crippen LogP contribution in [0.3, 0.4) is 0 Å². The van der Waals surface area contributed by atoms with Crippen LogP contribution in [-0.4, -0.2) is 6.43 Å². The van der Waals surface area contributed by atoms with Crippen LogP contribution in [0.1, 0.15) is 81.3 Å². The van der Waals surface area contributed by atoms with E-state index in [9.17, 15) is 17.6 Å². The van der Waals surface area contributed by atoms with Crippen LogP contribution >= 0.6 is 0 Å². The van der Waals surface area contributed by atoms with Gasteiger partial charge in [0.05, 0.1) is 0 Å². The molecule has 1 aromatic carbocycles. The number of benzene rings is 1. The maximum Gasteiger partial charge on any atom is 0.263 e. The molecule has 0 amide bonds. The molecule has 0 nitrogen and oxygen atoms in total. The lowest BCUT2D eigenvalue weighted by atomic mass is 9.68. The molecule has 0 aliphatic heterocycles. The van der Waals surface area contributed by atoms with Gasteiger partial charge in [0.25, 0.3) is 6.43 Å². The van der Waals surface area contributed by atoms with Gasteiger partial charge in [-0.3, -0.25) is 0 Å². The van der Waals surface area contributed by atoms with Gasteiger partial charge < -0.3 is 0 Å². The zero-order valence-electron chi connectivity index (χ0n) is 15.8. The fourth-order valence-corrected chi connectivity index (χ4v) is 5.02. The smallest absolute Gasteiger partial charge is 0.210 e. The Morgan fingerprint density at radius 2 is 1.33 bits per heavy atom. The SMILES string of the molecule is FC(F)C/C=C/C1CCC(C2CCC(c3ccc(C(F)F)cc3)CC2)CC1. The zero-order valence-corrected chi connectivity index (χ0v) is 15.8. The third-order valence-electron chi connectivity index (χ3n) is 6.64. The highest BCUT2D eigenvalue weighted by atomic mass is 19.3. The molecular formula is C23H30F4. The Kier molecular flexibility index (Phi) is 7.37. The van der Waals surface area contributed by atoms with E-state index in [4.69, 9.17) is 0 Å². The van der Waals surface area contributed by atoms with Gasteiger partial charge in [-0.15, -0.1) is 0 Å². The summed E-state index contributed by atoms with van der Waals surface area (Å²) in [5, 5.41) is 0. The Morgan fingerprint density at radius 3 is 1.85 bits per heavy atom. The molecule has 2 saturated carbocycles. The lowest BCUT2D eigenvalue weighted by molar-refractivity contribution is 0.151. The van der Waals surface area contributed by atoms with Gasteiger partial charge in [-0.25, -0.2) is 17.6 Å². The predicted octanol–water partition coefficient (Wildman–Crippen LogP) is 7.92. The third-order valence-corrected chi connectivity index (χ3v) is 6.64. The predicted molar refractivity (Wildman–Crippen MR) is 101 cm³/mol. The summed E-state index contributed by atoms with van der Waals surface area (Å²) < 4.78 is 49.8. The first-order valence-corrected chi connectivity index (χ1v) is 10.4. The van der Waals surface area contributed by atoms with E-state index in [1.54, 1.807) is 18.2 Å². The normalized spacial score (nSPS) is 29.7. The summed E-state index contributed by atoms with van der Waals surface area (Å²) in [4.78, 5) is 0. The van der Waals surface area contributed by atoms with Crippen molar-refractivity contribution >= 4 is 0 Å². The summed E-state index contributed by atoms with van der Waals surface area (Å²) in [5.74, 6) is 2.52. The van der Waals surface area contributed by atoms with Crippen LogP contribution in [0, 0.1) is 17.8 Å². The van der Waals surface area contributed by atoms with Crippen LogP contribution in [0.15, 0.2) is 36.4 Å². The first-order chi connectivity index (χ1) is 13.0. The van der Waals surface area contributed by atoms with Gasteiger partial charge in [0.2, 0.25) is 6.43 Å². The molecule has 0 heterocycles. The molecule has 0 radical (unpaired) electrons. The monoisotopic (exact) mass is 382 g/mol. The molecule has 0 saturated heterocycles. The second-order valence-corrected chi connectivity index (χ2v) is 8.31. The van der Waals surface area contributed by atoms with Gasteiger partial charge in [-0.2, -0.15) is 0 Å². The molecule has 2 fully saturated rings. The number of rotatable bonds is 6. The first kappa shape index (κ1) is 20.4. The molecule has 4 heteroatoms. The van der Waals surface area contributed by atoms with Gasteiger partial charge in [0.15, 0.2) is 0 Å². The molecule has 0 atom stereocenters. The highest BCUT2D eigenvalue weighted by Crippen LogP contribution is 2.44. The van der Waals surface area contributed by atoms with Gasteiger partial charge in [0.1, 0.15) is 0 Å². The van der Waals surface area contributed by atoms with Crippen LogP contribution in [0.4, 0.5) is 17.6 Å². The van der Waals surface area contributed by atoms with Gasteiger partial charge in [-0.05, 0) is 80.6 Å². The van der Waals surface area contributed by atoms with E-state index in [1.165, 1.54) is 31.2 Å². The van der Waals surface area contributed by atoms with Crippen LogP contribution < -0.4 is 0 Å². The maximum absolute atomic E-state index is 12.7. The standard InChI is InChI=1S/C23H30F4/c24-22(25)3-1-2-16-4-6-17(7-5-16)18-8-10-19(11-9-18)20-12-14-21(15-13-20)23(26)27/h1-2,12-19,22-23H,3-11H2/b2-1+. The Bertz CT molecular complexity index is 577. The first-order valence-electron chi connectivity index (χ1n) is 10.4. The molecule has 150 valence electrons. The van der Waals surface area contributed by atoms with Crippen molar-refractivity contribution in [3.8, 4) is 0 Å². The average Bonchev–Trinajstić information content (AvgIpc) is 2.68. The van der Waals surface area contributed by atoms with Crippen molar-refractivity contribution in [3.63, 3.8) is 0 Å².